The number of aryl methyl sites for hydroxylation is 3. The van der Waals surface area contributed by atoms with E-state index in [0.717, 1.165) is 38.9 Å². The van der Waals surface area contributed by atoms with Crippen LogP contribution in [0, 0.1) is 27.7 Å². The molecule has 0 radical (unpaired) electrons. The smallest absolute Gasteiger partial charge is 0.276 e. The van der Waals surface area contributed by atoms with E-state index in [0.29, 0.717) is 18.0 Å². The van der Waals surface area contributed by atoms with Crippen molar-refractivity contribution in [3.63, 3.8) is 0 Å². The number of ether oxygens (including phenoxy) is 2. The zero-order valence-corrected chi connectivity index (χ0v) is 21.2. The van der Waals surface area contributed by atoms with Gasteiger partial charge in [-0.25, -0.2) is 4.68 Å². The molecule has 0 spiro atoms. The van der Waals surface area contributed by atoms with Gasteiger partial charge in [0.05, 0.1) is 30.7 Å². The van der Waals surface area contributed by atoms with Crippen molar-refractivity contribution < 1.29 is 14.3 Å². The summed E-state index contributed by atoms with van der Waals surface area (Å²) in [6, 6.07) is 13.2. The molecule has 8 nitrogen and oxygen atoms in total. The molecule has 0 aliphatic rings. The van der Waals surface area contributed by atoms with Crippen LogP contribution in [-0.2, 0) is 13.3 Å². The second kappa shape index (κ2) is 10.2. The molecule has 0 atom stereocenters. The van der Waals surface area contributed by atoms with Gasteiger partial charge >= 0.3 is 0 Å². The van der Waals surface area contributed by atoms with Crippen LogP contribution in [0.25, 0.3) is 0 Å². The molecule has 2 heterocycles. The van der Waals surface area contributed by atoms with Gasteiger partial charge in [-0.15, -0.1) is 0 Å². The number of carbonyl (C=O) groups is 1. The number of hydrogen-bond acceptors (Lipinski definition) is 5. The monoisotopic (exact) mass is 493 g/mol. The number of amides is 1. The van der Waals surface area contributed by atoms with E-state index in [1.54, 1.807) is 24.1 Å². The predicted octanol–water partition coefficient (Wildman–Crippen LogP) is 5.31. The van der Waals surface area contributed by atoms with Gasteiger partial charge in [-0.3, -0.25) is 9.48 Å². The summed E-state index contributed by atoms with van der Waals surface area (Å²) in [6.45, 7) is 8.40. The fourth-order valence-corrected chi connectivity index (χ4v) is 3.95. The first-order valence-electron chi connectivity index (χ1n) is 11.2. The van der Waals surface area contributed by atoms with Crippen LogP contribution in [0.15, 0.2) is 48.7 Å². The Morgan fingerprint density at radius 2 is 1.77 bits per heavy atom. The van der Waals surface area contributed by atoms with Gasteiger partial charge in [-0.1, -0.05) is 23.7 Å². The molecule has 0 unspecified atom stereocenters. The lowest BCUT2D eigenvalue weighted by atomic mass is 10.1. The summed E-state index contributed by atoms with van der Waals surface area (Å²) in [5.74, 6) is 1.17. The maximum atomic E-state index is 12.9. The molecule has 9 heteroatoms. The molecule has 0 saturated carbocycles. The standard InChI is InChI=1S/C26H28ClN5O3/c1-16-11-22(12-17(2)24(16)27)35-15-31-10-9-23(30-31)26(33)28-25-18(3)29-32(19(25)4)14-20-7-6-8-21(13-20)34-5/h6-13H,14-15H2,1-5H3,(H,28,33). The molecule has 35 heavy (non-hydrogen) atoms. The molecule has 182 valence electrons. The Labute approximate surface area is 209 Å². The lowest BCUT2D eigenvalue weighted by Crippen LogP contribution is -2.15. The van der Waals surface area contributed by atoms with E-state index >= 15 is 0 Å². The summed E-state index contributed by atoms with van der Waals surface area (Å²) < 4.78 is 14.6. The van der Waals surface area contributed by atoms with Crippen molar-refractivity contribution in [3.8, 4) is 11.5 Å². The van der Waals surface area contributed by atoms with Crippen LogP contribution in [0.1, 0.15) is 38.6 Å². The van der Waals surface area contributed by atoms with Crippen LogP contribution in [0.2, 0.25) is 5.02 Å². The number of aromatic nitrogens is 4. The van der Waals surface area contributed by atoms with Gasteiger partial charge in [0.1, 0.15) is 11.5 Å². The first kappa shape index (κ1) is 24.3. The maximum Gasteiger partial charge on any atom is 0.276 e. The Morgan fingerprint density at radius 1 is 1.03 bits per heavy atom. The predicted molar refractivity (Wildman–Crippen MR) is 136 cm³/mol. The summed E-state index contributed by atoms with van der Waals surface area (Å²) in [4.78, 5) is 12.9. The van der Waals surface area contributed by atoms with Crippen LogP contribution in [-0.4, -0.2) is 32.6 Å². The number of methoxy groups -OCH3 is 1. The van der Waals surface area contributed by atoms with E-state index in [1.807, 2.05) is 68.8 Å². The molecule has 1 N–H and O–H groups in total. The molecule has 0 saturated heterocycles. The van der Waals surface area contributed by atoms with Gasteiger partial charge in [0.2, 0.25) is 0 Å². The highest BCUT2D eigenvalue weighted by molar-refractivity contribution is 6.32. The Morgan fingerprint density at radius 3 is 2.49 bits per heavy atom. The molecule has 0 aliphatic heterocycles. The molecule has 0 bridgehead atoms. The third kappa shape index (κ3) is 5.49. The van der Waals surface area contributed by atoms with Crippen LogP contribution in [0.3, 0.4) is 0 Å². The highest BCUT2D eigenvalue weighted by atomic mass is 35.5. The average Bonchev–Trinajstić information content (AvgIpc) is 3.42. The first-order valence-corrected chi connectivity index (χ1v) is 11.5. The summed E-state index contributed by atoms with van der Waals surface area (Å²) in [5.41, 5.74) is 5.49. The van der Waals surface area contributed by atoms with Crippen molar-refractivity contribution in [2.75, 3.05) is 12.4 Å². The van der Waals surface area contributed by atoms with Gasteiger partial charge in [0.15, 0.2) is 12.4 Å². The van der Waals surface area contributed by atoms with Gasteiger partial charge in [0, 0.05) is 11.2 Å². The molecule has 4 rings (SSSR count). The first-order chi connectivity index (χ1) is 16.7. The number of rotatable bonds is 8. The van der Waals surface area contributed by atoms with Gasteiger partial charge in [0.25, 0.3) is 5.91 Å². The number of hydrogen-bond donors (Lipinski definition) is 1. The minimum Gasteiger partial charge on any atom is -0.497 e. The van der Waals surface area contributed by atoms with Crippen LogP contribution >= 0.6 is 11.6 Å². The number of nitrogens with one attached hydrogen (secondary N) is 1. The second-order valence-corrected chi connectivity index (χ2v) is 8.77. The molecule has 0 aliphatic carbocycles. The largest absolute Gasteiger partial charge is 0.497 e. The topological polar surface area (TPSA) is 83.2 Å². The number of halogens is 1. The fraction of sp³-hybridized carbons (Fsp3) is 0.269. The highest BCUT2D eigenvalue weighted by Crippen LogP contribution is 2.26. The number of anilines is 1. The van der Waals surface area contributed by atoms with E-state index in [1.165, 1.54) is 0 Å². The molecular formula is C26H28ClN5O3. The quantitative estimate of drug-likeness (QED) is 0.359. The maximum absolute atomic E-state index is 12.9. The lowest BCUT2D eigenvalue weighted by molar-refractivity contribution is 0.102. The Kier molecular flexibility index (Phi) is 7.12. The van der Waals surface area contributed by atoms with E-state index in [4.69, 9.17) is 21.1 Å². The number of nitrogens with zero attached hydrogens (tertiary/aromatic N) is 4. The summed E-state index contributed by atoms with van der Waals surface area (Å²) >= 11 is 6.22. The van der Waals surface area contributed by atoms with Gasteiger partial charge in [-0.05, 0) is 74.7 Å². The van der Waals surface area contributed by atoms with E-state index < -0.39 is 0 Å². The molecule has 4 aromatic rings. The van der Waals surface area contributed by atoms with E-state index in [-0.39, 0.29) is 18.3 Å². The second-order valence-electron chi connectivity index (χ2n) is 8.39. The zero-order valence-electron chi connectivity index (χ0n) is 20.4. The van der Waals surface area contributed by atoms with E-state index in [9.17, 15) is 4.79 Å². The van der Waals surface area contributed by atoms with Gasteiger partial charge < -0.3 is 14.8 Å². The van der Waals surface area contributed by atoms with Crippen molar-refractivity contribution >= 4 is 23.2 Å². The lowest BCUT2D eigenvalue weighted by Gasteiger charge is -2.10. The van der Waals surface area contributed by atoms with Crippen molar-refractivity contribution in [2.24, 2.45) is 0 Å². The van der Waals surface area contributed by atoms with Crippen LogP contribution in [0.5, 0.6) is 11.5 Å². The van der Waals surface area contributed by atoms with Crippen LogP contribution < -0.4 is 14.8 Å². The summed E-state index contributed by atoms with van der Waals surface area (Å²) in [5, 5.41) is 12.6. The van der Waals surface area contributed by atoms with Crippen molar-refractivity contribution in [2.45, 2.75) is 41.0 Å². The van der Waals surface area contributed by atoms with Gasteiger partial charge in [-0.2, -0.15) is 10.2 Å². The summed E-state index contributed by atoms with van der Waals surface area (Å²) in [7, 11) is 1.64. The van der Waals surface area contributed by atoms with E-state index in [2.05, 4.69) is 15.5 Å². The number of benzene rings is 2. The summed E-state index contributed by atoms with van der Waals surface area (Å²) in [6.07, 6.45) is 1.70. The number of carbonyl (C=O) groups excluding carboxylic acids is 1. The zero-order chi connectivity index (χ0) is 25.1. The Bertz CT molecular complexity index is 1350. The minimum absolute atomic E-state index is 0.171. The Hall–Kier alpha value is -3.78. The normalized spacial score (nSPS) is 10.9. The molecule has 2 aromatic heterocycles. The van der Waals surface area contributed by atoms with Crippen LogP contribution in [0.4, 0.5) is 5.69 Å². The average molecular weight is 494 g/mol. The highest BCUT2D eigenvalue weighted by Gasteiger charge is 2.17. The molecular weight excluding hydrogens is 466 g/mol. The molecule has 1 amide bonds. The third-order valence-electron chi connectivity index (χ3n) is 5.73. The molecule has 2 aromatic carbocycles. The fourth-order valence-electron chi connectivity index (χ4n) is 3.84. The minimum atomic E-state index is -0.311. The van der Waals surface area contributed by atoms with Crippen molar-refractivity contribution in [3.05, 3.63) is 87.5 Å². The third-order valence-corrected chi connectivity index (χ3v) is 6.33. The molecule has 0 fully saturated rings. The SMILES string of the molecule is COc1cccc(Cn2nc(C)c(NC(=O)c3ccn(COc4cc(C)c(Cl)c(C)c4)n3)c2C)c1. The van der Waals surface area contributed by atoms with Crippen molar-refractivity contribution in [1.29, 1.82) is 0 Å². The Balaban J connectivity index is 1.42. The van der Waals surface area contributed by atoms with Crippen molar-refractivity contribution in [1.82, 2.24) is 19.6 Å².